The average molecular weight is 199 g/mol. The van der Waals surface area contributed by atoms with E-state index in [1.54, 1.807) is 13.1 Å². The smallest absolute Gasteiger partial charge is 0.227 e. The molecule has 0 amide bonds. The third-order valence-electron chi connectivity index (χ3n) is 1.83. The fraction of sp³-hybridized carbons (Fsp3) is 0.182. The number of hydrogen-bond donors (Lipinski definition) is 0. The second-order valence-corrected chi connectivity index (χ2v) is 2.77. The fourth-order valence-electron chi connectivity index (χ4n) is 1.16. The zero-order chi connectivity index (χ0) is 10.5. The number of nitrogens with zero attached hydrogens (tertiary/aromatic N) is 3. The van der Waals surface area contributed by atoms with Gasteiger partial charge in [0.1, 0.15) is 6.33 Å². The van der Waals surface area contributed by atoms with Crippen LogP contribution in [0.25, 0.3) is 11.0 Å². The molecule has 0 atom stereocenters. The summed E-state index contributed by atoms with van der Waals surface area (Å²) in [5.41, 5.74) is 0.631. The van der Waals surface area contributed by atoms with Gasteiger partial charge in [0.25, 0.3) is 0 Å². The summed E-state index contributed by atoms with van der Waals surface area (Å²) in [5, 5.41) is 0.804. The highest BCUT2D eigenvalue weighted by atomic mass is 16.5. The number of fused-ring (bicyclic) bond motifs is 1. The summed E-state index contributed by atoms with van der Waals surface area (Å²) in [6, 6.07) is 3.70. The Morgan fingerprint density at radius 2 is 2.27 bits per heavy atom. The van der Waals surface area contributed by atoms with Crippen molar-refractivity contribution in [2.75, 3.05) is 6.61 Å². The van der Waals surface area contributed by atoms with Gasteiger partial charge in [0.15, 0.2) is 12.3 Å². The fourth-order valence-corrected chi connectivity index (χ4v) is 1.16. The van der Waals surface area contributed by atoms with Crippen LogP contribution in [0.1, 0.15) is 6.92 Å². The predicted molar refractivity (Wildman–Crippen MR) is 56.3 cm³/mol. The molecule has 74 valence electrons. The molecule has 0 aliphatic heterocycles. The van der Waals surface area contributed by atoms with Gasteiger partial charge in [-0.15, -0.1) is 5.92 Å². The molecule has 0 saturated heterocycles. The van der Waals surface area contributed by atoms with E-state index in [2.05, 4.69) is 26.8 Å². The van der Waals surface area contributed by atoms with Gasteiger partial charge in [0.2, 0.25) is 5.88 Å². The van der Waals surface area contributed by atoms with Gasteiger partial charge in [0.05, 0.1) is 5.39 Å². The van der Waals surface area contributed by atoms with Crippen molar-refractivity contribution in [1.82, 2.24) is 15.0 Å². The summed E-state index contributed by atoms with van der Waals surface area (Å²) in [4.78, 5) is 12.2. The maximum atomic E-state index is 5.39. The van der Waals surface area contributed by atoms with Gasteiger partial charge in [-0.05, 0) is 19.1 Å². The molecule has 2 aromatic rings. The van der Waals surface area contributed by atoms with Crippen LogP contribution >= 0.6 is 0 Å². The second-order valence-electron chi connectivity index (χ2n) is 2.77. The van der Waals surface area contributed by atoms with Crippen LogP contribution in [0, 0.1) is 11.8 Å². The normalized spacial score (nSPS) is 9.40. The molecule has 0 spiro atoms. The molecule has 2 aromatic heterocycles. The van der Waals surface area contributed by atoms with E-state index in [0.717, 1.165) is 5.39 Å². The highest BCUT2D eigenvalue weighted by molar-refractivity contribution is 5.79. The lowest BCUT2D eigenvalue weighted by Crippen LogP contribution is -1.98. The maximum Gasteiger partial charge on any atom is 0.227 e. The summed E-state index contributed by atoms with van der Waals surface area (Å²) < 4.78 is 5.39. The Kier molecular flexibility index (Phi) is 2.75. The van der Waals surface area contributed by atoms with Crippen LogP contribution in [0.4, 0.5) is 0 Å². The van der Waals surface area contributed by atoms with E-state index in [0.29, 0.717) is 18.1 Å². The summed E-state index contributed by atoms with van der Waals surface area (Å²) in [7, 11) is 0. The average Bonchev–Trinajstić information content (AvgIpc) is 2.30. The van der Waals surface area contributed by atoms with Crippen molar-refractivity contribution in [1.29, 1.82) is 0 Å². The van der Waals surface area contributed by atoms with Crippen molar-refractivity contribution in [2.45, 2.75) is 6.92 Å². The van der Waals surface area contributed by atoms with Crippen molar-refractivity contribution in [3.63, 3.8) is 0 Å². The maximum absolute atomic E-state index is 5.39. The van der Waals surface area contributed by atoms with Gasteiger partial charge in [-0.25, -0.2) is 15.0 Å². The monoisotopic (exact) mass is 199 g/mol. The van der Waals surface area contributed by atoms with Crippen molar-refractivity contribution >= 4 is 11.0 Å². The van der Waals surface area contributed by atoms with E-state index in [1.807, 2.05) is 12.1 Å². The second kappa shape index (κ2) is 4.38. The Morgan fingerprint density at radius 3 is 3.13 bits per heavy atom. The number of rotatable bonds is 2. The lowest BCUT2D eigenvalue weighted by molar-refractivity contribution is 0.359. The summed E-state index contributed by atoms with van der Waals surface area (Å²) in [6.07, 6.45) is 3.12. The first-order chi connectivity index (χ1) is 7.42. The van der Waals surface area contributed by atoms with Crippen LogP contribution in [0.15, 0.2) is 24.7 Å². The molecular weight excluding hydrogens is 190 g/mol. The highest BCUT2D eigenvalue weighted by Crippen LogP contribution is 2.18. The first-order valence-corrected chi connectivity index (χ1v) is 4.50. The number of ether oxygens (including phenoxy) is 1. The molecule has 0 radical (unpaired) electrons. The van der Waals surface area contributed by atoms with E-state index >= 15 is 0 Å². The van der Waals surface area contributed by atoms with Crippen LogP contribution in [0.2, 0.25) is 0 Å². The number of aromatic nitrogens is 3. The molecule has 0 aliphatic rings. The minimum absolute atomic E-state index is 0.331. The summed E-state index contributed by atoms with van der Waals surface area (Å²) in [6.45, 7) is 2.10. The van der Waals surface area contributed by atoms with Gasteiger partial charge in [-0.1, -0.05) is 5.92 Å². The molecule has 15 heavy (non-hydrogen) atoms. The number of hydrogen-bond acceptors (Lipinski definition) is 4. The zero-order valence-electron chi connectivity index (χ0n) is 8.27. The van der Waals surface area contributed by atoms with Gasteiger partial charge in [-0.3, -0.25) is 0 Å². The van der Waals surface area contributed by atoms with E-state index in [-0.39, 0.29) is 0 Å². The largest absolute Gasteiger partial charge is 0.464 e. The first kappa shape index (κ1) is 9.41. The SMILES string of the molecule is CC#CCOc1ncnc2ncccc12. The van der Waals surface area contributed by atoms with Crippen LogP contribution in [0.3, 0.4) is 0 Å². The molecule has 2 heterocycles. The lowest BCUT2D eigenvalue weighted by atomic mass is 10.3. The Labute approximate surface area is 87.3 Å². The van der Waals surface area contributed by atoms with Crippen molar-refractivity contribution in [3.8, 4) is 17.7 Å². The molecule has 0 aliphatic carbocycles. The minimum Gasteiger partial charge on any atom is -0.464 e. The van der Waals surface area contributed by atoms with Crippen LogP contribution in [0.5, 0.6) is 5.88 Å². The molecule has 0 bridgehead atoms. The highest BCUT2D eigenvalue weighted by Gasteiger charge is 2.03. The third-order valence-corrected chi connectivity index (χ3v) is 1.83. The zero-order valence-corrected chi connectivity index (χ0v) is 8.27. The van der Waals surface area contributed by atoms with Gasteiger partial charge in [0, 0.05) is 6.20 Å². The minimum atomic E-state index is 0.331. The number of pyridine rings is 1. The summed E-state index contributed by atoms with van der Waals surface area (Å²) >= 11 is 0. The predicted octanol–water partition coefficient (Wildman–Crippen LogP) is 1.43. The van der Waals surface area contributed by atoms with Crippen molar-refractivity contribution < 1.29 is 4.74 Å². The third kappa shape index (κ3) is 2.02. The van der Waals surface area contributed by atoms with E-state index in [9.17, 15) is 0 Å². The molecule has 2 rings (SSSR count). The Bertz CT molecular complexity index is 523. The molecule has 0 aromatic carbocycles. The molecule has 0 saturated carbocycles. The standard InChI is InChI=1S/C11H9N3O/c1-2-3-7-15-11-9-5-4-6-12-10(9)13-8-14-11/h4-6,8H,7H2,1H3. The van der Waals surface area contributed by atoms with Gasteiger partial charge < -0.3 is 4.74 Å². The van der Waals surface area contributed by atoms with Crippen LogP contribution in [-0.2, 0) is 0 Å². The van der Waals surface area contributed by atoms with E-state index < -0.39 is 0 Å². The summed E-state index contributed by atoms with van der Waals surface area (Å²) in [5.74, 6) is 6.08. The molecule has 0 fully saturated rings. The molecule has 4 nitrogen and oxygen atoms in total. The Balaban J connectivity index is 2.36. The Hall–Kier alpha value is -2.15. The van der Waals surface area contributed by atoms with Gasteiger partial charge in [-0.2, -0.15) is 0 Å². The molecule has 0 unspecified atom stereocenters. The van der Waals surface area contributed by atoms with Gasteiger partial charge >= 0.3 is 0 Å². The molecule has 0 N–H and O–H groups in total. The van der Waals surface area contributed by atoms with Crippen molar-refractivity contribution in [2.24, 2.45) is 0 Å². The molecule has 4 heteroatoms. The van der Waals surface area contributed by atoms with E-state index in [4.69, 9.17) is 4.74 Å². The van der Waals surface area contributed by atoms with Crippen molar-refractivity contribution in [3.05, 3.63) is 24.7 Å². The first-order valence-electron chi connectivity index (χ1n) is 4.50. The van der Waals surface area contributed by atoms with Crippen LogP contribution in [-0.4, -0.2) is 21.6 Å². The molecular formula is C11H9N3O. The van der Waals surface area contributed by atoms with Crippen LogP contribution < -0.4 is 4.74 Å². The van der Waals surface area contributed by atoms with E-state index in [1.165, 1.54) is 6.33 Å². The topological polar surface area (TPSA) is 47.9 Å². The Morgan fingerprint density at radius 1 is 1.33 bits per heavy atom. The lowest BCUT2D eigenvalue weighted by Gasteiger charge is -2.03. The quantitative estimate of drug-likeness (QED) is 0.686.